The van der Waals surface area contributed by atoms with Crippen molar-refractivity contribution in [2.75, 3.05) is 0 Å². The van der Waals surface area contributed by atoms with Crippen molar-refractivity contribution >= 4 is 22.0 Å². The fourth-order valence-corrected chi connectivity index (χ4v) is 5.13. The highest BCUT2D eigenvalue weighted by Crippen LogP contribution is 2.53. The van der Waals surface area contributed by atoms with Crippen molar-refractivity contribution < 1.29 is 9.53 Å². The van der Waals surface area contributed by atoms with Crippen molar-refractivity contribution in [3.8, 4) is 11.3 Å². The van der Waals surface area contributed by atoms with Gasteiger partial charge in [-0.3, -0.25) is 4.90 Å². The third kappa shape index (κ3) is 3.15. The highest BCUT2D eigenvalue weighted by Gasteiger charge is 2.56. The average Bonchev–Trinajstić information content (AvgIpc) is 3.12. The van der Waals surface area contributed by atoms with Gasteiger partial charge in [0.1, 0.15) is 11.4 Å². The Bertz CT molecular complexity index is 946. The lowest BCUT2D eigenvalue weighted by atomic mass is 10.0. The minimum absolute atomic E-state index is 0.00979. The summed E-state index contributed by atoms with van der Waals surface area (Å²) in [6.07, 6.45) is 5.01. The van der Waals surface area contributed by atoms with Crippen molar-refractivity contribution in [2.24, 2.45) is 5.92 Å². The number of carbonyl (C=O) groups is 1. The molecule has 0 bridgehead atoms. The number of nitrogens with zero attached hydrogens (tertiary/aromatic N) is 2. The Morgan fingerprint density at radius 2 is 2.11 bits per heavy atom. The maximum Gasteiger partial charge on any atom is 0.411 e. The van der Waals surface area contributed by atoms with Gasteiger partial charge in [-0.05, 0) is 76.5 Å². The summed E-state index contributed by atoms with van der Waals surface area (Å²) in [7, 11) is 0. The first-order valence-electron chi connectivity index (χ1n) is 10.2. The van der Waals surface area contributed by atoms with Crippen LogP contribution in [0.1, 0.15) is 63.2 Å². The van der Waals surface area contributed by atoms with Gasteiger partial charge in [-0.15, -0.1) is 0 Å². The van der Waals surface area contributed by atoms with Crippen LogP contribution in [-0.2, 0) is 17.6 Å². The number of hydrogen-bond donors (Lipinski definition) is 1. The van der Waals surface area contributed by atoms with Gasteiger partial charge in [0, 0.05) is 21.8 Å². The molecule has 0 radical (unpaired) electrons. The number of likely N-dealkylation sites (tertiary alicyclic amines) is 1. The van der Waals surface area contributed by atoms with Gasteiger partial charge in [0.05, 0.1) is 11.7 Å². The number of ether oxygens (including phenoxy) is 1. The van der Waals surface area contributed by atoms with Crippen LogP contribution in [-0.4, -0.2) is 32.6 Å². The van der Waals surface area contributed by atoms with Crippen LogP contribution in [0.25, 0.3) is 11.3 Å². The molecule has 3 atom stereocenters. The van der Waals surface area contributed by atoms with E-state index in [1.165, 1.54) is 16.8 Å². The fourth-order valence-electron chi connectivity index (χ4n) is 4.72. The first-order chi connectivity index (χ1) is 13.3. The van der Waals surface area contributed by atoms with E-state index in [0.717, 1.165) is 48.1 Å². The molecule has 1 aromatic heterocycles. The Kier molecular flexibility index (Phi) is 4.13. The summed E-state index contributed by atoms with van der Waals surface area (Å²) >= 11 is 3.59. The topological polar surface area (TPSA) is 58.2 Å². The molecule has 5 nitrogen and oxygen atoms in total. The first-order valence-corrected chi connectivity index (χ1v) is 11.0. The molecule has 2 aliphatic carbocycles. The van der Waals surface area contributed by atoms with Crippen LogP contribution in [0.3, 0.4) is 0 Å². The lowest BCUT2D eigenvalue weighted by molar-refractivity contribution is 0.0175. The fraction of sp³-hybridized carbons (Fsp3) is 0.545. The summed E-state index contributed by atoms with van der Waals surface area (Å²) in [4.78, 5) is 23.4. The maximum atomic E-state index is 12.9. The molecule has 148 valence electrons. The summed E-state index contributed by atoms with van der Waals surface area (Å²) in [6, 6.07) is 6.75. The minimum Gasteiger partial charge on any atom is -0.444 e. The van der Waals surface area contributed by atoms with Crippen molar-refractivity contribution in [1.29, 1.82) is 0 Å². The summed E-state index contributed by atoms with van der Waals surface area (Å²) in [6.45, 7) is 5.76. The molecule has 6 heteroatoms. The predicted molar refractivity (Wildman–Crippen MR) is 111 cm³/mol. The minimum atomic E-state index is -0.485. The molecule has 2 unspecified atom stereocenters. The molecule has 2 fully saturated rings. The molecule has 1 aliphatic heterocycles. The Labute approximate surface area is 174 Å². The smallest absolute Gasteiger partial charge is 0.411 e. The average molecular weight is 444 g/mol. The number of benzene rings is 1. The van der Waals surface area contributed by atoms with Gasteiger partial charge in [0.15, 0.2) is 0 Å². The highest BCUT2D eigenvalue weighted by atomic mass is 79.9. The van der Waals surface area contributed by atoms with Crippen LogP contribution in [0.5, 0.6) is 0 Å². The molecule has 1 saturated heterocycles. The second kappa shape index (κ2) is 6.34. The van der Waals surface area contributed by atoms with Crippen LogP contribution in [0.15, 0.2) is 22.7 Å². The van der Waals surface area contributed by atoms with E-state index in [9.17, 15) is 4.79 Å². The molecule has 3 aliphatic rings. The number of fused-ring (bicyclic) bond motifs is 4. The van der Waals surface area contributed by atoms with E-state index in [0.29, 0.717) is 12.0 Å². The van der Waals surface area contributed by atoms with E-state index < -0.39 is 5.60 Å². The summed E-state index contributed by atoms with van der Waals surface area (Å²) in [5.41, 5.74) is 4.32. The number of hydrogen-bond acceptors (Lipinski definition) is 3. The molecule has 1 N–H and O–H groups in total. The van der Waals surface area contributed by atoms with E-state index in [1.807, 2.05) is 25.7 Å². The molecule has 0 spiro atoms. The molecule has 1 amide bonds. The van der Waals surface area contributed by atoms with Gasteiger partial charge < -0.3 is 9.72 Å². The molecule has 2 aromatic rings. The summed E-state index contributed by atoms with van der Waals surface area (Å²) in [5, 5.41) is 0. The Balaban J connectivity index is 1.49. The Morgan fingerprint density at radius 3 is 2.89 bits per heavy atom. The Hall–Kier alpha value is -1.82. The first kappa shape index (κ1) is 18.2. The number of aryl methyl sites for hydroxylation is 2. The number of imidazole rings is 1. The van der Waals surface area contributed by atoms with Gasteiger partial charge in [0.25, 0.3) is 0 Å². The molecule has 1 saturated carbocycles. The zero-order chi connectivity index (χ0) is 19.6. The zero-order valence-electron chi connectivity index (χ0n) is 16.6. The number of H-pyrrole nitrogens is 1. The second-order valence-corrected chi connectivity index (χ2v) is 10.2. The molecule has 28 heavy (non-hydrogen) atoms. The van der Waals surface area contributed by atoms with Gasteiger partial charge >= 0.3 is 6.09 Å². The van der Waals surface area contributed by atoms with E-state index in [4.69, 9.17) is 9.72 Å². The lowest BCUT2D eigenvalue weighted by Gasteiger charge is -2.29. The van der Waals surface area contributed by atoms with Gasteiger partial charge in [-0.25, -0.2) is 9.78 Å². The van der Waals surface area contributed by atoms with E-state index >= 15 is 0 Å². The van der Waals surface area contributed by atoms with Gasteiger partial charge in [0.2, 0.25) is 0 Å². The number of aromatic amines is 1. The quantitative estimate of drug-likeness (QED) is 0.641. The standard InChI is InChI=1S/C22H26BrN3O2/c1-22(2,3)28-21(27)26-17-10-13(17)11-18(26)20-24-16-6-4-5-12-9-14(23)7-8-15(12)19(16)25-20/h7-9,13,17-18H,4-6,10-11H2,1-3H3,(H,24,25)/t13?,17?,18-/m0/s1. The van der Waals surface area contributed by atoms with E-state index in [2.05, 4.69) is 39.1 Å². The van der Waals surface area contributed by atoms with Crippen molar-refractivity contribution in [3.05, 3.63) is 39.8 Å². The van der Waals surface area contributed by atoms with Crippen LogP contribution in [0.4, 0.5) is 4.79 Å². The van der Waals surface area contributed by atoms with Crippen molar-refractivity contribution in [3.63, 3.8) is 0 Å². The van der Waals surface area contributed by atoms with E-state index in [-0.39, 0.29) is 12.1 Å². The Morgan fingerprint density at radius 1 is 1.29 bits per heavy atom. The van der Waals surface area contributed by atoms with Gasteiger partial charge in [-0.1, -0.05) is 22.0 Å². The lowest BCUT2D eigenvalue weighted by Crippen LogP contribution is -2.38. The normalized spacial score (nSPS) is 25.6. The largest absolute Gasteiger partial charge is 0.444 e. The second-order valence-electron chi connectivity index (χ2n) is 9.31. The van der Waals surface area contributed by atoms with Crippen LogP contribution < -0.4 is 0 Å². The van der Waals surface area contributed by atoms with Gasteiger partial charge in [-0.2, -0.15) is 0 Å². The molecule has 5 rings (SSSR count). The summed E-state index contributed by atoms with van der Waals surface area (Å²) < 4.78 is 6.81. The monoisotopic (exact) mass is 443 g/mol. The number of aromatic nitrogens is 2. The number of rotatable bonds is 1. The third-order valence-corrected chi connectivity index (χ3v) is 6.51. The molecule has 1 aromatic carbocycles. The zero-order valence-corrected chi connectivity index (χ0v) is 18.2. The summed E-state index contributed by atoms with van der Waals surface area (Å²) in [5.74, 6) is 1.50. The molecular formula is C22H26BrN3O2. The van der Waals surface area contributed by atoms with Crippen molar-refractivity contribution in [2.45, 2.75) is 70.6 Å². The number of piperidine rings is 1. The van der Waals surface area contributed by atoms with Crippen LogP contribution >= 0.6 is 15.9 Å². The SMILES string of the molecule is CC(C)(C)OC(=O)N1C2CC2C[C@H]1c1nc2c([nH]1)CCCc1cc(Br)ccc1-2. The molecule has 2 heterocycles. The maximum absolute atomic E-state index is 12.9. The number of nitrogens with one attached hydrogen (secondary N) is 1. The number of amides is 1. The molecular weight excluding hydrogens is 418 g/mol. The van der Waals surface area contributed by atoms with Crippen LogP contribution in [0, 0.1) is 5.92 Å². The van der Waals surface area contributed by atoms with Crippen molar-refractivity contribution in [1.82, 2.24) is 14.9 Å². The number of halogens is 1. The highest BCUT2D eigenvalue weighted by molar-refractivity contribution is 9.10. The van der Waals surface area contributed by atoms with E-state index in [1.54, 1.807) is 0 Å². The predicted octanol–water partition coefficient (Wildman–Crippen LogP) is 5.40. The number of carbonyl (C=O) groups excluding carboxylic acids is 1. The van der Waals surface area contributed by atoms with Crippen LogP contribution in [0.2, 0.25) is 0 Å². The third-order valence-electron chi connectivity index (χ3n) is 6.02.